The molecule has 2 saturated heterocycles. The standard InChI is InChI=1S/C24H26F5N3O4/c1-4-13-5-19(32(8-13)23(34)20-11(2)31-36-12(20)3)22(33)30-21(14-9-35-10-14)15-6-18(26)16(7-17(15)25)24(27,28)29/h6-7,13-14,19,21H,4-5,8-10H2,1-3H3,(H,30,33)/t13-,19-,21?/m1/s1. The Bertz CT molecular complexity index is 1140. The second-order valence-corrected chi connectivity index (χ2v) is 9.32. The molecule has 0 bridgehead atoms. The molecule has 1 N–H and O–H groups in total. The van der Waals surface area contributed by atoms with Gasteiger partial charge in [0.15, 0.2) is 0 Å². The molecule has 2 fully saturated rings. The summed E-state index contributed by atoms with van der Waals surface area (Å²) in [5.74, 6) is -4.11. The lowest BCUT2D eigenvalue weighted by molar-refractivity contribution is -0.140. The van der Waals surface area contributed by atoms with Gasteiger partial charge in [-0.05, 0) is 38.3 Å². The maximum absolute atomic E-state index is 14.8. The van der Waals surface area contributed by atoms with Crippen molar-refractivity contribution in [1.82, 2.24) is 15.4 Å². The molecule has 0 spiro atoms. The Morgan fingerprint density at radius 1 is 1.19 bits per heavy atom. The van der Waals surface area contributed by atoms with Crippen LogP contribution in [0.3, 0.4) is 0 Å². The minimum atomic E-state index is -5.07. The number of hydrogen-bond donors (Lipinski definition) is 1. The molecule has 2 aromatic rings. The average Bonchev–Trinajstić information content (AvgIpc) is 3.35. The van der Waals surface area contributed by atoms with E-state index >= 15 is 0 Å². The molecule has 2 aliphatic heterocycles. The zero-order chi connectivity index (χ0) is 26.4. The maximum atomic E-state index is 14.8. The first-order chi connectivity index (χ1) is 16.9. The molecule has 12 heteroatoms. The Hall–Kier alpha value is -3.02. The molecule has 196 valence electrons. The molecule has 1 aromatic carbocycles. The van der Waals surface area contributed by atoms with Crippen LogP contribution in [0.25, 0.3) is 0 Å². The van der Waals surface area contributed by atoms with Crippen molar-refractivity contribution in [2.45, 2.75) is 51.9 Å². The molecule has 1 aromatic heterocycles. The smallest absolute Gasteiger partial charge is 0.381 e. The van der Waals surface area contributed by atoms with Gasteiger partial charge in [0.25, 0.3) is 5.91 Å². The highest BCUT2D eigenvalue weighted by Gasteiger charge is 2.43. The van der Waals surface area contributed by atoms with E-state index in [4.69, 9.17) is 9.26 Å². The van der Waals surface area contributed by atoms with Gasteiger partial charge >= 0.3 is 6.18 Å². The van der Waals surface area contributed by atoms with E-state index < -0.39 is 58.8 Å². The molecule has 4 rings (SSSR count). The molecule has 1 unspecified atom stereocenters. The number of alkyl halides is 3. The lowest BCUT2D eigenvalue weighted by atomic mass is 9.89. The van der Waals surface area contributed by atoms with Gasteiger partial charge in [0.2, 0.25) is 5.91 Å². The Labute approximate surface area is 203 Å². The van der Waals surface area contributed by atoms with Gasteiger partial charge in [0, 0.05) is 18.0 Å². The van der Waals surface area contributed by atoms with Gasteiger partial charge in [-0.1, -0.05) is 18.5 Å². The number of nitrogens with zero attached hydrogens (tertiary/aromatic N) is 2. The third-order valence-corrected chi connectivity index (χ3v) is 6.94. The van der Waals surface area contributed by atoms with Gasteiger partial charge < -0.3 is 19.5 Å². The predicted octanol–water partition coefficient (Wildman–Crippen LogP) is 4.33. The molecule has 7 nitrogen and oxygen atoms in total. The Kier molecular flexibility index (Phi) is 7.09. The summed E-state index contributed by atoms with van der Waals surface area (Å²) in [6, 6.07) is -1.49. The van der Waals surface area contributed by atoms with Crippen LogP contribution in [-0.4, -0.2) is 47.7 Å². The first-order valence-electron chi connectivity index (χ1n) is 11.6. The number of amides is 2. The van der Waals surface area contributed by atoms with Crippen LogP contribution in [0.1, 0.15) is 58.7 Å². The molecular weight excluding hydrogens is 489 g/mol. The monoisotopic (exact) mass is 515 g/mol. The molecule has 36 heavy (non-hydrogen) atoms. The molecule has 0 radical (unpaired) electrons. The van der Waals surface area contributed by atoms with Gasteiger partial charge in [-0.25, -0.2) is 8.78 Å². The summed E-state index contributed by atoms with van der Waals surface area (Å²) in [6.45, 7) is 5.65. The molecule has 3 heterocycles. The van der Waals surface area contributed by atoms with Crippen molar-refractivity contribution in [3.05, 3.63) is 51.9 Å². The number of carbonyl (C=O) groups excluding carboxylic acids is 2. The number of benzene rings is 1. The van der Waals surface area contributed by atoms with Crippen molar-refractivity contribution in [2.24, 2.45) is 11.8 Å². The van der Waals surface area contributed by atoms with Crippen molar-refractivity contribution in [3.8, 4) is 0 Å². The second kappa shape index (κ2) is 9.79. The Morgan fingerprint density at radius 2 is 1.89 bits per heavy atom. The predicted molar refractivity (Wildman–Crippen MR) is 116 cm³/mol. The Balaban J connectivity index is 1.63. The summed E-state index contributed by atoms with van der Waals surface area (Å²) in [6.07, 6.45) is -4.02. The number of aromatic nitrogens is 1. The van der Waals surface area contributed by atoms with Crippen LogP contribution in [0.4, 0.5) is 22.0 Å². The summed E-state index contributed by atoms with van der Waals surface area (Å²) >= 11 is 0. The van der Waals surface area contributed by atoms with E-state index in [1.807, 2.05) is 6.92 Å². The fourth-order valence-electron chi connectivity index (χ4n) is 4.79. The van der Waals surface area contributed by atoms with Gasteiger partial charge in [0.1, 0.15) is 29.0 Å². The lowest BCUT2D eigenvalue weighted by Gasteiger charge is -2.36. The van der Waals surface area contributed by atoms with Crippen LogP contribution in [0.2, 0.25) is 0 Å². The molecular formula is C24H26F5N3O4. The average molecular weight is 515 g/mol. The van der Waals surface area contributed by atoms with E-state index in [9.17, 15) is 31.5 Å². The minimum absolute atomic E-state index is 0.0240. The largest absolute Gasteiger partial charge is 0.419 e. The van der Waals surface area contributed by atoms with Crippen LogP contribution in [0.5, 0.6) is 0 Å². The fraction of sp³-hybridized carbons (Fsp3) is 0.542. The molecule has 2 amide bonds. The van der Waals surface area contributed by atoms with Crippen molar-refractivity contribution in [2.75, 3.05) is 19.8 Å². The fourth-order valence-corrected chi connectivity index (χ4v) is 4.79. The molecule has 0 aliphatic carbocycles. The number of likely N-dealkylation sites (tertiary alicyclic amines) is 1. The van der Waals surface area contributed by atoms with Gasteiger partial charge in [-0.2, -0.15) is 13.2 Å². The Morgan fingerprint density at radius 3 is 2.42 bits per heavy atom. The minimum Gasteiger partial charge on any atom is -0.381 e. The van der Waals surface area contributed by atoms with E-state index in [2.05, 4.69) is 10.5 Å². The van der Waals surface area contributed by atoms with E-state index in [-0.39, 0.29) is 30.8 Å². The summed E-state index contributed by atoms with van der Waals surface area (Å²) in [4.78, 5) is 28.2. The molecule has 0 saturated carbocycles. The zero-order valence-electron chi connectivity index (χ0n) is 19.9. The van der Waals surface area contributed by atoms with E-state index in [0.29, 0.717) is 36.9 Å². The third-order valence-electron chi connectivity index (χ3n) is 6.94. The van der Waals surface area contributed by atoms with E-state index in [0.717, 1.165) is 0 Å². The lowest BCUT2D eigenvalue weighted by Crippen LogP contribution is -2.50. The molecule has 2 aliphatic rings. The topological polar surface area (TPSA) is 84.7 Å². The normalized spacial score (nSPS) is 21.4. The number of halogens is 5. The number of rotatable bonds is 6. The van der Waals surface area contributed by atoms with Crippen LogP contribution < -0.4 is 5.32 Å². The summed E-state index contributed by atoms with van der Waals surface area (Å²) in [5.41, 5.74) is -1.50. The van der Waals surface area contributed by atoms with E-state index in [1.165, 1.54) is 4.90 Å². The van der Waals surface area contributed by atoms with E-state index in [1.54, 1.807) is 13.8 Å². The van der Waals surface area contributed by atoms with Crippen LogP contribution in [0, 0.1) is 37.3 Å². The highest BCUT2D eigenvalue weighted by Crippen LogP contribution is 2.37. The van der Waals surface area contributed by atoms with Crippen molar-refractivity contribution >= 4 is 11.8 Å². The van der Waals surface area contributed by atoms with Crippen molar-refractivity contribution in [1.29, 1.82) is 0 Å². The highest BCUT2D eigenvalue weighted by atomic mass is 19.4. The highest BCUT2D eigenvalue weighted by molar-refractivity contribution is 5.99. The van der Waals surface area contributed by atoms with Crippen molar-refractivity contribution in [3.63, 3.8) is 0 Å². The SMILES string of the molecule is CC[C@@H]1C[C@H](C(=O)NC(c2cc(F)c(C(F)(F)F)cc2F)C2COC2)N(C(=O)c2c(C)noc2C)C1. The second-order valence-electron chi connectivity index (χ2n) is 9.32. The summed E-state index contributed by atoms with van der Waals surface area (Å²) in [5, 5.41) is 6.46. The van der Waals surface area contributed by atoms with Gasteiger partial charge in [0.05, 0.1) is 30.5 Å². The number of ether oxygens (including phenoxy) is 1. The number of aryl methyl sites for hydroxylation is 2. The number of carbonyl (C=O) groups is 2. The van der Waals surface area contributed by atoms with Gasteiger partial charge in [-0.3, -0.25) is 9.59 Å². The first-order valence-corrected chi connectivity index (χ1v) is 11.6. The first kappa shape index (κ1) is 26.1. The van der Waals surface area contributed by atoms with Crippen molar-refractivity contribution < 1.29 is 40.8 Å². The zero-order valence-corrected chi connectivity index (χ0v) is 19.9. The van der Waals surface area contributed by atoms with Crippen LogP contribution in [0.15, 0.2) is 16.7 Å². The number of nitrogens with one attached hydrogen (secondary N) is 1. The molecule has 3 atom stereocenters. The summed E-state index contributed by atoms with van der Waals surface area (Å²) < 4.78 is 78.4. The van der Waals surface area contributed by atoms with Gasteiger partial charge in [-0.15, -0.1) is 0 Å². The van der Waals surface area contributed by atoms with Crippen LogP contribution in [-0.2, 0) is 15.7 Å². The third kappa shape index (κ3) is 4.82. The maximum Gasteiger partial charge on any atom is 0.419 e. The summed E-state index contributed by atoms with van der Waals surface area (Å²) in [7, 11) is 0. The number of hydrogen-bond acceptors (Lipinski definition) is 5. The quantitative estimate of drug-likeness (QED) is 0.579. The van der Waals surface area contributed by atoms with Crippen LogP contribution >= 0.6 is 0 Å².